The molecule has 4 rings (SSSR count). The van der Waals surface area contributed by atoms with Gasteiger partial charge in [0.2, 0.25) is 0 Å². The van der Waals surface area contributed by atoms with Crippen LogP contribution in [0.2, 0.25) is 5.02 Å². The zero-order valence-electron chi connectivity index (χ0n) is 11.0. The maximum absolute atomic E-state index is 12.2. The molecule has 2 heterocycles. The van der Waals surface area contributed by atoms with Crippen LogP contribution in [0.5, 0.6) is 0 Å². The van der Waals surface area contributed by atoms with Gasteiger partial charge in [0.05, 0.1) is 5.02 Å². The van der Waals surface area contributed by atoms with Gasteiger partial charge in [0.1, 0.15) is 0 Å². The van der Waals surface area contributed by atoms with E-state index in [2.05, 4.69) is 4.98 Å². The molecule has 0 bridgehead atoms. The normalized spacial score (nSPS) is 14.9. The van der Waals surface area contributed by atoms with Gasteiger partial charge in [-0.1, -0.05) is 11.6 Å². The zero-order valence-corrected chi connectivity index (χ0v) is 11.7. The third kappa shape index (κ3) is 1.54. The van der Waals surface area contributed by atoms with Crippen molar-refractivity contribution >= 4 is 33.7 Å². The van der Waals surface area contributed by atoms with Crippen molar-refractivity contribution in [3.05, 3.63) is 38.5 Å². The van der Waals surface area contributed by atoms with Gasteiger partial charge in [0.15, 0.2) is 22.6 Å². The summed E-state index contributed by atoms with van der Waals surface area (Å²) in [5.74, 6) is 0.509. The Labute approximate surface area is 119 Å². The second kappa shape index (κ2) is 4.09. The maximum Gasteiger partial charge on any atom is 0.339 e. The summed E-state index contributed by atoms with van der Waals surface area (Å²) in [6, 6.07) is 1.83. The average Bonchev–Trinajstić information content (AvgIpc) is 2.84. The molecular formula is C15H12ClNO3. The first-order chi connectivity index (χ1) is 9.65. The predicted molar refractivity (Wildman–Crippen MR) is 76.4 cm³/mol. The third-order valence-corrected chi connectivity index (χ3v) is 4.20. The molecule has 5 heteroatoms. The van der Waals surface area contributed by atoms with E-state index in [9.17, 15) is 4.79 Å². The van der Waals surface area contributed by atoms with Crippen LogP contribution < -0.4 is 5.63 Å². The molecule has 0 amide bonds. The standard InChI is InChI=1S/C15H12ClNO3/c1-7-17-12-13-10(6-11(16)14(12)19-7)8-4-2-3-5-9(8)15(18)20-13/h6H,2-5H2,1H3. The average molecular weight is 290 g/mol. The summed E-state index contributed by atoms with van der Waals surface area (Å²) in [7, 11) is 0. The second-order valence-corrected chi connectivity index (χ2v) is 5.61. The minimum Gasteiger partial charge on any atom is -0.439 e. The Hall–Kier alpha value is -1.81. The highest BCUT2D eigenvalue weighted by Crippen LogP contribution is 2.35. The van der Waals surface area contributed by atoms with Gasteiger partial charge in [0.25, 0.3) is 0 Å². The summed E-state index contributed by atoms with van der Waals surface area (Å²) in [6.07, 6.45) is 3.78. The van der Waals surface area contributed by atoms with Crippen molar-refractivity contribution in [3.63, 3.8) is 0 Å². The van der Waals surface area contributed by atoms with Crippen molar-refractivity contribution in [1.29, 1.82) is 0 Å². The summed E-state index contributed by atoms with van der Waals surface area (Å²) >= 11 is 6.28. The molecule has 3 aromatic rings. The van der Waals surface area contributed by atoms with Gasteiger partial charge in [-0.3, -0.25) is 0 Å². The Morgan fingerprint density at radius 2 is 1.90 bits per heavy atom. The van der Waals surface area contributed by atoms with Crippen LogP contribution >= 0.6 is 11.6 Å². The van der Waals surface area contributed by atoms with Crippen molar-refractivity contribution in [2.75, 3.05) is 0 Å². The maximum atomic E-state index is 12.2. The Bertz CT molecular complexity index is 907. The van der Waals surface area contributed by atoms with Crippen LogP contribution in [0.3, 0.4) is 0 Å². The van der Waals surface area contributed by atoms with E-state index >= 15 is 0 Å². The number of hydrogen-bond donors (Lipinski definition) is 0. The first-order valence-electron chi connectivity index (χ1n) is 6.69. The Kier molecular flexibility index (Phi) is 2.45. The number of rotatable bonds is 0. The number of aryl methyl sites for hydroxylation is 2. The van der Waals surface area contributed by atoms with E-state index in [0.717, 1.165) is 42.2 Å². The van der Waals surface area contributed by atoms with E-state index in [1.807, 2.05) is 6.07 Å². The van der Waals surface area contributed by atoms with E-state index in [4.69, 9.17) is 20.4 Å². The van der Waals surface area contributed by atoms with Crippen LogP contribution in [0, 0.1) is 6.92 Å². The molecule has 0 spiro atoms. The van der Waals surface area contributed by atoms with E-state index in [1.54, 1.807) is 6.92 Å². The molecule has 1 aliphatic carbocycles. The summed E-state index contributed by atoms with van der Waals surface area (Å²) in [5.41, 5.74) is 3.11. The Morgan fingerprint density at radius 1 is 1.15 bits per heavy atom. The minimum absolute atomic E-state index is 0.253. The molecule has 1 aliphatic rings. The number of hydrogen-bond acceptors (Lipinski definition) is 4. The quantitative estimate of drug-likeness (QED) is 0.591. The van der Waals surface area contributed by atoms with Crippen LogP contribution in [0.25, 0.3) is 22.1 Å². The monoisotopic (exact) mass is 289 g/mol. The van der Waals surface area contributed by atoms with Crippen molar-refractivity contribution in [3.8, 4) is 0 Å². The van der Waals surface area contributed by atoms with Gasteiger partial charge in [0, 0.05) is 17.9 Å². The van der Waals surface area contributed by atoms with E-state index in [-0.39, 0.29) is 5.63 Å². The summed E-state index contributed by atoms with van der Waals surface area (Å²) in [6.45, 7) is 1.75. The molecule has 0 fully saturated rings. The summed E-state index contributed by atoms with van der Waals surface area (Å²) in [5, 5.41) is 1.40. The Morgan fingerprint density at radius 3 is 2.70 bits per heavy atom. The second-order valence-electron chi connectivity index (χ2n) is 5.20. The van der Waals surface area contributed by atoms with Crippen LogP contribution in [-0.4, -0.2) is 4.98 Å². The van der Waals surface area contributed by atoms with Crippen LogP contribution in [-0.2, 0) is 12.8 Å². The van der Waals surface area contributed by atoms with Crippen molar-refractivity contribution in [1.82, 2.24) is 4.98 Å². The van der Waals surface area contributed by atoms with Crippen molar-refractivity contribution < 1.29 is 8.83 Å². The fourth-order valence-electron chi connectivity index (χ4n) is 3.04. The molecule has 0 radical (unpaired) electrons. The number of halogens is 1. The first kappa shape index (κ1) is 12.0. The Balaban J connectivity index is 2.25. The molecule has 2 aromatic heterocycles. The molecule has 0 aliphatic heterocycles. The van der Waals surface area contributed by atoms with Crippen molar-refractivity contribution in [2.45, 2.75) is 32.6 Å². The van der Waals surface area contributed by atoms with Crippen LogP contribution in [0.4, 0.5) is 0 Å². The lowest BCUT2D eigenvalue weighted by atomic mass is 9.90. The molecule has 0 N–H and O–H groups in total. The smallest absolute Gasteiger partial charge is 0.339 e. The van der Waals surface area contributed by atoms with Gasteiger partial charge in [-0.2, -0.15) is 0 Å². The summed E-state index contributed by atoms with van der Waals surface area (Å²) in [4.78, 5) is 16.5. The molecule has 0 saturated carbocycles. The highest BCUT2D eigenvalue weighted by atomic mass is 35.5. The van der Waals surface area contributed by atoms with E-state index in [1.165, 1.54) is 0 Å². The molecule has 1 aromatic carbocycles. The minimum atomic E-state index is -0.253. The van der Waals surface area contributed by atoms with Gasteiger partial charge >= 0.3 is 5.63 Å². The van der Waals surface area contributed by atoms with E-state index < -0.39 is 0 Å². The van der Waals surface area contributed by atoms with Gasteiger partial charge in [-0.15, -0.1) is 0 Å². The number of aromatic nitrogens is 1. The number of nitrogens with zero attached hydrogens (tertiary/aromatic N) is 1. The molecule has 0 unspecified atom stereocenters. The highest BCUT2D eigenvalue weighted by molar-refractivity contribution is 6.36. The lowest BCUT2D eigenvalue weighted by molar-refractivity contribution is 0.535. The van der Waals surface area contributed by atoms with Crippen LogP contribution in [0.1, 0.15) is 29.9 Å². The number of fused-ring (bicyclic) bond motifs is 5. The zero-order chi connectivity index (χ0) is 13.9. The molecule has 102 valence electrons. The fourth-order valence-corrected chi connectivity index (χ4v) is 3.27. The topological polar surface area (TPSA) is 56.2 Å². The lowest BCUT2D eigenvalue weighted by Crippen LogP contribution is -2.15. The molecule has 20 heavy (non-hydrogen) atoms. The number of benzene rings is 1. The predicted octanol–water partition coefficient (Wildman–Crippen LogP) is 3.77. The van der Waals surface area contributed by atoms with E-state index in [0.29, 0.717) is 27.6 Å². The largest absolute Gasteiger partial charge is 0.439 e. The number of oxazole rings is 1. The van der Waals surface area contributed by atoms with Crippen molar-refractivity contribution in [2.24, 2.45) is 0 Å². The first-order valence-corrected chi connectivity index (χ1v) is 7.07. The van der Waals surface area contributed by atoms with Gasteiger partial charge < -0.3 is 8.83 Å². The third-order valence-electron chi connectivity index (χ3n) is 3.92. The molecule has 4 nitrogen and oxygen atoms in total. The highest BCUT2D eigenvalue weighted by Gasteiger charge is 2.22. The van der Waals surface area contributed by atoms with Gasteiger partial charge in [-0.25, -0.2) is 9.78 Å². The summed E-state index contributed by atoms with van der Waals surface area (Å²) < 4.78 is 11.0. The lowest BCUT2D eigenvalue weighted by Gasteiger charge is -2.16. The van der Waals surface area contributed by atoms with Crippen LogP contribution in [0.15, 0.2) is 19.7 Å². The van der Waals surface area contributed by atoms with Gasteiger partial charge in [-0.05, 0) is 37.3 Å². The molecule has 0 saturated heterocycles. The molecule has 0 atom stereocenters. The SMILES string of the molecule is Cc1nc2c(o1)c(Cl)cc1c3c(c(=O)oc12)CCCC3. The fraction of sp³-hybridized carbons (Fsp3) is 0.333. The molecular weight excluding hydrogens is 278 g/mol.